The minimum atomic E-state index is -0.111. The molecule has 1 fully saturated rings. The maximum absolute atomic E-state index is 13.0. The first kappa shape index (κ1) is 11.6. The predicted octanol–water partition coefficient (Wildman–Crippen LogP) is 3.00. The molecule has 1 saturated carbocycles. The largest absolute Gasteiger partial charge is 0.317 e. The first-order valence-electron chi connectivity index (χ1n) is 6.24. The molecule has 2 rings (SSSR count). The molecule has 0 heterocycles. The van der Waals surface area contributed by atoms with Gasteiger partial charge in [0.15, 0.2) is 0 Å². The Bertz CT molecular complexity index is 337. The van der Waals surface area contributed by atoms with Crippen LogP contribution in [0, 0.1) is 17.7 Å². The van der Waals surface area contributed by atoms with Crippen LogP contribution in [-0.4, -0.2) is 13.1 Å². The quantitative estimate of drug-likeness (QED) is 0.806. The second-order valence-corrected chi connectivity index (χ2v) is 4.74. The van der Waals surface area contributed by atoms with Crippen LogP contribution in [0.25, 0.3) is 0 Å². The van der Waals surface area contributed by atoms with E-state index < -0.39 is 0 Å². The van der Waals surface area contributed by atoms with Crippen molar-refractivity contribution in [1.82, 2.24) is 5.32 Å². The van der Waals surface area contributed by atoms with Gasteiger partial charge in [0.2, 0.25) is 0 Å². The maximum Gasteiger partial charge on any atom is 0.123 e. The second-order valence-electron chi connectivity index (χ2n) is 4.74. The summed E-state index contributed by atoms with van der Waals surface area (Å²) in [7, 11) is 0. The van der Waals surface area contributed by atoms with E-state index in [-0.39, 0.29) is 5.82 Å². The summed E-state index contributed by atoms with van der Waals surface area (Å²) >= 11 is 0. The van der Waals surface area contributed by atoms with E-state index in [0.29, 0.717) is 0 Å². The van der Waals surface area contributed by atoms with E-state index in [2.05, 4.69) is 12.2 Å². The first-order chi connectivity index (χ1) is 7.79. The van der Waals surface area contributed by atoms with Gasteiger partial charge in [0.25, 0.3) is 0 Å². The van der Waals surface area contributed by atoms with Crippen LogP contribution in [0.1, 0.15) is 25.3 Å². The molecule has 2 heteroatoms. The van der Waals surface area contributed by atoms with Crippen molar-refractivity contribution in [3.8, 4) is 0 Å². The van der Waals surface area contributed by atoms with Crippen LogP contribution in [-0.2, 0) is 6.42 Å². The van der Waals surface area contributed by atoms with Gasteiger partial charge < -0.3 is 5.32 Å². The fourth-order valence-corrected chi connectivity index (χ4v) is 2.47. The lowest BCUT2D eigenvalue weighted by Crippen LogP contribution is -2.36. The molecule has 0 bridgehead atoms. The minimum absolute atomic E-state index is 0.111. The van der Waals surface area contributed by atoms with E-state index in [1.54, 1.807) is 6.07 Å². The standard InChI is InChI=1S/C14H20FN/c1-2-16-10-13-7-6-12(13)8-11-4-3-5-14(15)9-11/h3-5,9,12-13,16H,2,6-8,10H2,1H3. The molecule has 0 aromatic heterocycles. The van der Waals surface area contributed by atoms with Gasteiger partial charge in [0.05, 0.1) is 0 Å². The summed E-state index contributed by atoms with van der Waals surface area (Å²) in [5.41, 5.74) is 1.14. The van der Waals surface area contributed by atoms with Gasteiger partial charge in [-0.1, -0.05) is 19.1 Å². The number of hydrogen-bond acceptors (Lipinski definition) is 1. The van der Waals surface area contributed by atoms with Crippen LogP contribution < -0.4 is 5.32 Å². The van der Waals surface area contributed by atoms with E-state index in [0.717, 1.165) is 36.9 Å². The number of halogens is 1. The molecule has 1 aromatic carbocycles. The molecule has 0 spiro atoms. The lowest BCUT2D eigenvalue weighted by molar-refractivity contribution is 0.171. The van der Waals surface area contributed by atoms with Crippen molar-refractivity contribution in [3.05, 3.63) is 35.6 Å². The molecule has 1 nitrogen and oxygen atoms in total. The van der Waals surface area contributed by atoms with Crippen molar-refractivity contribution < 1.29 is 4.39 Å². The summed E-state index contributed by atoms with van der Waals surface area (Å²) in [6.45, 7) is 4.31. The molecule has 1 N–H and O–H groups in total. The summed E-state index contributed by atoms with van der Waals surface area (Å²) in [6.07, 6.45) is 3.66. The zero-order valence-corrected chi connectivity index (χ0v) is 9.88. The molecule has 0 aliphatic heterocycles. The summed E-state index contributed by atoms with van der Waals surface area (Å²) in [6, 6.07) is 7.03. The molecule has 0 amide bonds. The van der Waals surface area contributed by atoms with E-state index >= 15 is 0 Å². The number of benzene rings is 1. The Labute approximate surface area is 97.1 Å². The monoisotopic (exact) mass is 221 g/mol. The van der Waals surface area contributed by atoms with Crippen molar-refractivity contribution in [1.29, 1.82) is 0 Å². The van der Waals surface area contributed by atoms with E-state index in [4.69, 9.17) is 0 Å². The topological polar surface area (TPSA) is 12.0 Å². The third-order valence-electron chi connectivity index (χ3n) is 3.62. The molecule has 0 saturated heterocycles. The summed E-state index contributed by atoms with van der Waals surface area (Å²) < 4.78 is 13.0. The molecule has 1 aliphatic rings. The van der Waals surface area contributed by atoms with Crippen LogP contribution in [0.2, 0.25) is 0 Å². The summed E-state index contributed by atoms with van der Waals surface area (Å²) in [5, 5.41) is 3.40. The summed E-state index contributed by atoms with van der Waals surface area (Å²) in [4.78, 5) is 0. The molecular weight excluding hydrogens is 201 g/mol. The second kappa shape index (κ2) is 5.44. The first-order valence-corrected chi connectivity index (χ1v) is 6.24. The Kier molecular flexibility index (Phi) is 3.94. The van der Waals surface area contributed by atoms with Crippen molar-refractivity contribution in [2.24, 2.45) is 11.8 Å². The molecule has 1 aliphatic carbocycles. The molecule has 16 heavy (non-hydrogen) atoms. The highest BCUT2D eigenvalue weighted by molar-refractivity contribution is 5.17. The maximum atomic E-state index is 13.0. The van der Waals surface area contributed by atoms with Crippen LogP contribution in [0.4, 0.5) is 4.39 Å². The van der Waals surface area contributed by atoms with Crippen LogP contribution in [0.5, 0.6) is 0 Å². The average molecular weight is 221 g/mol. The average Bonchev–Trinajstić information content (AvgIpc) is 2.25. The lowest BCUT2D eigenvalue weighted by Gasteiger charge is -2.37. The van der Waals surface area contributed by atoms with Gasteiger partial charge in [-0.3, -0.25) is 0 Å². The highest BCUT2D eigenvalue weighted by atomic mass is 19.1. The van der Waals surface area contributed by atoms with Crippen molar-refractivity contribution in [2.75, 3.05) is 13.1 Å². The molecule has 2 atom stereocenters. The number of nitrogens with one attached hydrogen (secondary N) is 1. The van der Waals surface area contributed by atoms with E-state index in [1.807, 2.05) is 12.1 Å². The fraction of sp³-hybridized carbons (Fsp3) is 0.571. The normalized spacial score (nSPS) is 24.1. The zero-order chi connectivity index (χ0) is 11.4. The van der Waals surface area contributed by atoms with Gasteiger partial charge in [-0.15, -0.1) is 0 Å². The minimum Gasteiger partial charge on any atom is -0.317 e. The summed E-state index contributed by atoms with van der Waals surface area (Å²) in [5.74, 6) is 1.43. The van der Waals surface area contributed by atoms with Crippen LogP contribution in [0.15, 0.2) is 24.3 Å². The lowest BCUT2D eigenvalue weighted by atomic mass is 9.70. The third-order valence-corrected chi connectivity index (χ3v) is 3.62. The SMILES string of the molecule is CCNCC1CCC1Cc1cccc(F)c1. The zero-order valence-electron chi connectivity index (χ0n) is 9.88. The number of rotatable bonds is 5. The molecule has 88 valence electrons. The Morgan fingerprint density at radius 3 is 2.75 bits per heavy atom. The van der Waals surface area contributed by atoms with E-state index in [1.165, 1.54) is 18.9 Å². The van der Waals surface area contributed by atoms with Crippen molar-refractivity contribution >= 4 is 0 Å². The Hall–Kier alpha value is -0.890. The van der Waals surface area contributed by atoms with Crippen LogP contribution >= 0.6 is 0 Å². The van der Waals surface area contributed by atoms with E-state index in [9.17, 15) is 4.39 Å². The fourth-order valence-electron chi connectivity index (χ4n) is 2.47. The van der Waals surface area contributed by atoms with Gasteiger partial charge in [0, 0.05) is 0 Å². The Balaban J connectivity index is 1.85. The van der Waals surface area contributed by atoms with Crippen LogP contribution in [0.3, 0.4) is 0 Å². The molecule has 2 unspecified atom stereocenters. The Morgan fingerprint density at radius 1 is 1.31 bits per heavy atom. The van der Waals surface area contributed by atoms with Crippen molar-refractivity contribution in [3.63, 3.8) is 0 Å². The van der Waals surface area contributed by atoms with Gasteiger partial charge in [0.1, 0.15) is 5.82 Å². The van der Waals surface area contributed by atoms with Crippen molar-refractivity contribution in [2.45, 2.75) is 26.2 Å². The highest BCUT2D eigenvalue weighted by Gasteiger charge is 2.30. The number of hydrogen-bond donors (Lipinski definition) is 1. The highest BCUT2D eigenvalue weighted by Crippen LogP contribution is 2.36. The predicted molar refractivity (Wildman–Crippen MR) is 64.9 cm³/mol. The van der Waals surface area contributed by atoms with Gasteiger partial charge in [-0.2, -0.15) is 0 Å². The Morgan fingerprint density at radius 2 is 2.12 bits per heavy atom. The molecular formula is C14H20FN. The van der Waals surface area contributed by atoms with Gasteiger partial charge in [-0.05, 0) is 61.9 Å². The van der Waals surface area contributed by atoms with Gasteiger partial charge in [-0.25, -0.2) is 4.39 Å². The smallest absolute Gasteiger partial charge is 0.123 e. The molecule has 1 aromatic rings. The van der Waals surface area contributed by atoms with Gasteiger partial charge >= 0.3 is 0 Å². The molecule has 0 radical (unpaired) electrons. The third kappa shape index (κ3) is 2.82.